The average molecular weight is 446 g/mol. The third kappa shape index (κ3) is 5.18. The Labute approximate surface area is 191 Å². The Hall–Kier alpha value is -3.58. The number of amides is 1. The molecule has 3 aromatic carbocycles. The van der Waals surface area contributed by atoms with Gasteiger partial charge < -0.3 is 14.8 Å². The smallest absolute Gasteiger partial charge is 0.234 e. The van der Waals surface area contributed by atoms with Crippen molar-refractivity contribution in [1.29, 1.82) is 0 Å². The number of thioether (sulfide) groups is 1. The van der Waals surface area contributed by atoms with Crippen molar-refractivity contribution in [3.63, 3.8) is 0 Å². The van der Waals surface area contributed by atoms with Crippen LogP contribution in [0.3, 0.4) is 0 Å². The number of carbonyl (C=O) groups is 1. The summed E-state index contributed by atoms with van der Waals surface area (Å²) in [5.74, 6) is 1.53. The molecule has 1 heterocycles. The number of ether oxygens (including phenoxy) is 2. The summed E-state index contributed by atoms with van der Waals surface area (Å²) in [5.41, 5.74) is 4.15. The summed E-state index contributed by atoms with van der Waals surface area (Å²) < 4.78 is 10.6. The maximum Gasteiger partial charge on any atom is 0.234 e. The van der Waals surface area contributed by atoms with Crippen molar-refractivity contribution in [2.45, 2.75) is 6.42 Å². The Morgan fingerprint density at radius 2 is 1.59 bits per heavy atom. The van der Waals surface area contributed by atoms with Gasteiger partial charge in [-0.15, -0.1) is 11.8 Å². The molecule has 0 unspecified atom stereocenters. The van der Waals surface area contributed by atoms with Gasteiger partial charge in [0, 0.05) is 6.42 Å². The summed E-state index contributed by atoms with van der Waals surface area (Å²) in [5, 5.41) is 3.74. The van der Waals surface area contributed by atoms with Crippen LogP contribution < -0.4 is 14.8 Å². The summed E-state index contributed by atoms with van der Waals surface area (Å²) in [6, 6.07) is 22.9. The molecule has 0 aromatic heterocycles. The van der Waals surface area contributed by atoms with Crippen LogP contribution in [0.5, 0.6) is 11.5 Å². The zero-order valence-electron chi connectivity index (χ0n) is 17.9. The van der Waals surface area contributed by atoms with Crippen LogP contribution in [0.25, 0.3) is 0 Å². The molecule has 162 valence electrons. The number of carbonyl (C=O) groups excluding carboxylic acids is 1. The van der Waals surface area contributed by atoms with E-state index in [1.54, 1.807) is 14.2 Å². The normalized spacial score (nSPS) is 12.7. The number of anilines is 1. The van der Waals surface area contributed by atoms with Crippen molar-refractivity contribution in [1.82, 2.24) is 0 Å². The van der Waals surface area contributed by atoms with Crippen molar-refractivity contribution in [3.8, 4) is 11.5 Å². The fraction of sp³-hybridized carbons (Fsp3) is 0.160. The van der Waals surface area contributed by atoms with E-state index in [0.29, 0.717) is 17.9 Å². The average Bonchev–Trinajstić information content (AvgIpc) is 3.02. The molecular formula is C25H23N3O3S. The van der Waals surface area contributed by atoms with Gasteiger partial charge >= 0.3 is 0 Å². The molecule has 7 heteroatoms. The molecule has 1 N–H and O–H groups in total. The topological polar surface area (TPSA) is 72.3 Å². The highest BCUT2D eigenvalue weighted by Crippen LogP contribution is 2.33. The monoisotopic (exact) mass is 445 g/mol. The van der Waals surface area contributed by atoms with Gasteiger partial charge in [0.05, 0.1) is 47.8 Å². The van der Waals surface area contributed by atoms with Crippen molar-refractivity contribution in [2.75, 3.05) is 25.3 Å². The number of hydrogen-bond donors (Lipinski definition) is 1. The van der Waals surface area contributed by atoms with Crippen LogP contribution in [-0.4, -0.2) is 36.6 Å². The Bertz CT molecular complexity index is 1170. The summed E-state index contributed by atoms with van der Waals surface area (Å²) in [6.45, 7) is 0. The lowest BCUT2D eigenvalue weighted by Crippen LogP contribution is -2.16. The Morgan fingerprint density at radius 3 is 2.31 bits per heavy atom. The number of para-hydroxylation sites is 4. The van der Waals surface area contributed by atoms with Crippen molar-refractivity contribution in [2.24, 2.45) is 9.98 Å². The Kier molecular flexibility index (Phi) is 6.87. The van der Waals surface area contributed by atoms with Crippen LogP contribution in [0, 0.1) is 0 Å². The van der Waals surface area contributed by atoms with Crippen molar-refractivity contribution < 1.29 is 14.3 Å². The minimum absolute atomic E-state index is 0.123. The molecule has 0 saturated heterocycles. The van der Waals surface area contributed by atoms with Crippen LogP contribution in [0.4, 0.5) is 17.1 Å². The number of fused-ring (bicyclic) bond motifs is 1. The largest absolute Gasteiger partial charge is 0.497 e. The first-order valence-corrected chi connectivity index (χ1v) is 11.1. The highest BCUT2D eigenvalue weighted by molar-refractivity contribution is 8.14. The second-order valence-corrected chi connectivity index (χ2v) is 8.04. The molecule has 1 aliphatic heterocycles. The highest BCUT2D eigenvalue weighted by Gasteiger charge is 2.17. The first-order valence-electron chi connectivity index (χ1n) is 10.1. The summed E-state index contributed by atoms with van der Waals surface area (Å²) in [4.78, 5) is 22.3. The molecule has 0 saturated carbocycles. The van der Waals surface area contributed by atoms with E-state index in [2.05, 4.69) is 5.32 Å². The molecular weight excluding hydrogens is 422 g/mol. The van der Waals surface area contributed by atoms with Crippen LogP contribution in [-0.2, 0) is 4.79 Å². The van der Waals surface area contributed by atoms with Gasteiger partial charge in [0.2, 0.25) is 5.91 Å². The number of aliphatic imine (C=N–C) groups is 2. The molecule has 0 fully saturated rings. The minimum atomic E-state index is -0.123. The zero-order chi connectivity index (χ0) is 22.3. The van der Waals surface area contributed by atoms with Crippen molar-refractivity contribution in [3.05, 3.63) is 78.4 Å². The van der Waals surface area contributed by atoms with Crippen LogP contribution in [0.15, 0.2) is 82.8 Å². The lowest BCUT2D eigenvalue weighted by Gasteiger charge is -2.11. The van der Waals surface area contributed by atoms with E-state index in [4.69, 9.17) is 19.5 Å². The first kappa shape index (κ1) is 21.6. The molecule has 4 rings (SSSR count). The van der Waals surface area contributed by atoms with Crippen LogP contribution in [0.2, 0.25) is 0 Å². The molecule has 32 heavy (non-hydrogen) atoms. The standard InChI is InChI=1S/C25H23N3O3S/c1-30-18-13-11-17(12-14-18)22-15-25(28-20-8-4-3-7-19(20)26-22)32-16-24(29)27-21-9-5-6-10-23(21)31-2/h3-14H,15-16H2,1-2H3,(H,27,29). The second-order valence-electron chi connectivity index (χ2n) is 7.00. The van der Waals surface area contributed by atoms with Gasteiger partial charge in [0.25, 0.3) is 0 Å². The van der Waals surface area contributed by atoms with Crippen molar-refractivity contribution >= 4 is 45.5 Å². The third-order valence-corrected chi connectivity index (χ3v) is 5.85. The lowest BCUT2D eigenvalue weighted by atomic mass is 10.1. The molecule has 3 aromatic rings. The molecule has 0 radical (unpaired) electrons. The van der Waals surface area contributed by atoms with Gasteiger partial charge in [-0.2, -0.15) is 0 Å². The SMILES string of the molecule is COc1ccc(C2=Nc3ccccc3N=C(SCC(=O)Nc3ccccc3OC)C2)cc1. The van der Waals surface area contributed by atoms with E-state index in [0.717, 1.165) is 33.4 Å². The molecule has 1 amide bonds. The van der Waals surface area contributed by atoms with Gasteiger partial charge in [-0.3, -0.25) is 9.79 Å². The molecule has 0 bridgehead atoms. The summed E-state index contributed by atoms with van der Waals surface area (Å²) in [7, 11) is 3.23. The van der Waals surface area contributed by atoms with E-state index < -0.39 is 0 Å². The fourth-order valence-corrected chi connectivity index (χ4v) is 4.04. The van der Waals surface area contributed by atoms with Gasteiger partial charge in [-0.05, 0) is 54.1 Å². The molecule has 1 aliphatic rings. The zero-order valence-corrected chi connectivity index (χ0v) is 18.7. The van der Waals surface area contributed by atoms with E-state index in [1.807, 2.05) is 72.8 Å². The summed E-state index contributed by atoms with van der Waals surface area (Å²) >= 11 is 1.41. The predicted molar refractivity (Wildman–Crippen MR) is 131 cm³/mol. The number of rotatable bonds is 6. The Balaban J connectivity index is 1.52. The van der Waals surface area contributed by atoms with Gasteiger partial charge in [-0.25, -0.2) is 4.99 Å². The maximum absolute atomic E-state index is 12.6. The highest BCUT2D eigenvalue weighted by atomic mass is 32.2. The number of nitrogens with one attached hydrogen (secondary N) is 1. The quantitative estimate of drug-likeness (QED) is 0.534. The van der Waals surface area contributed by atoms with E-state index >= 15 is 0 Å². The van der Waals surface area contributed by atoms with Crippen LogP contribution >= 0.6 is 11.8 Å². The lowest BCUT2D eigenvalue weighted by molar-refractivity contribution is -0.113. The Morgan fingerprint density at radius 1 is 0.906 bits per heavy atom. The summed E-state index contributed by atoms with van der Waals surface area (Å²) in [6.07, 6.45) is 0.535. The van der Waals surface area contributed by atoms with E-state index in [-0.39, 0.29) is 11.7 Å². The van der Waals surface area contributed by atoms with Crippen LogP contribution in [0.1, 0.15) is 12.0 Å². The fourth-order valence-electron chi connectivity index (χ4n) is 3.27. The van der Waals surface area contributed by atoms with E-state index in [9.17, 15) is 4.79 Å². The number of benzene rings is 3. The number of nitrogens with zero attached hydrogens (tertiary/aromatic N) is 2. The molecule has 0 aliphatic carbocycles. The maximum atomic E-state index is 12.6. The third-order valence-electron chi connectivity index (χ3n) is 4.88. The molecule has 0 atom stereocenters. The van der Waals surface area contributed by atoms with E-state index in [1.165, 1.54) is 11.8 Å². The number of methoxy groups -OCH3 is 2. The first-order chi connectivity index (χ1) is 15.7. The van der Waals surface area contributed by atoms with Gasteiger partial charge in [0.1, 0.15) is 11.5 Å². The minimum Gasteiger partial charge on any atom is -0.497 e. The van der Waals surface area contributed by atoms with Gasteiger partial charge in [-0.1, -0.05) is 24.3 Å². The second kappa shape index (κ2) is 10.2. The molecule has 6 nitrogen and oxygen atoms in total. The predicted octanol–water partition coefficient (Wildman–Crippen LogP) is 5.63. The molecule has 0 spiro atoms. The van der Waals surface area contributed by atoms with Gasteiger partial charge in [0.15, 0.2) is 0 Å². The number of hydrogen-bond acceptors (Lipinski definition) is 6.